The molecule has 1 fully saturated rings. The van der Waals surface area contributed by atoms with Crippen LogP contribution in [-0.4, -0.2) is 140 Å². The third-order valence-electron chi connectivity index (χ3n) is 15.1. The van der Waals surface area contributed by atoms with E-state index >= 15 is 0 Å². The molecule has 85 heavy (non-hydrogen) atoms. The molecule has 9 rings (SSSR count). The van der Waals surface area contributed by atoms with Crippen LogP contribution in [0.15, 0.2) is 103 Å². The van der Waals surface area contributed by atoms with Crippen LogP contribution < -0.4 is 37.1 Å². The highest BCUT2D eigenvalue weighted by molar-refractivity contribution is 6.31. The van der Waals surface area contributed by atoms with Gasteiger partial charge < -0.3 is 81.2 Å². The number of hydrogen-bond donors (Lipinski definition) is 12. The molecule has 0 radical (unpaired) electrons. The molecule has 1 saturated heterocycles. The molecular formula is C60H63N7O18. The number of fused-ring (bicyclic) bond motifs is 4. The Morgan fingerprint density at radius 2 is 1.53 bits per heavy atom. The normalized spacial score (nSPS) is 20.3. The zero-order valence-electron chi connectivity index (χ0n) is 46.0. The Morgan fingerprint density at radius 3 is 2.26 bits per heavy atom. The average Bonchev–Trinajstić information content (AvgIpc) is 2.58. The number of phenolic OH excluding ortho intramolecular Hbond substituents is 2. The molecule has 5 unspecified atom stereocenters. The van der Waals surface area contributed by atoms with Crippen LogP contribution in [0.1, 0.15) is 98.4 Å². The Bertz CT molecular complexity index is 3540. The number of aliphatic hydroxyl groups excluding tert-OH is 2. The van der Waals surface area contributed by atoms with Gasteiger partial charge in [-0.05, 0) is 60.7 Å². The number of carbonyl (C=O) groups excluding carboxylic acids is 8. The molecule has 5 aromatic carbocycles. The number of imide groups is 1. The number of nitrogens with two attached hydrogens (primary N) is 1. The molecule has 0 spiro atoms. The van der Waals surface area contributed by atoms with Crippen molar-refractivity contribution in [3.05, 3.63) is 153 Å². The van der Waals surface area contributed by atoms with Crippen LogP contribution in [0.25, 0.3) is 10.9 Å². The van der Waals surface area contributed by atoms with E-state index in [2.05, 4.69) is 31.6 Å². The van der Waals surface area contributed by atoms with Crippen molar-refractivity contribution in [2.24, 2.45) is 5.73 Å². The number of ketones is 3. The Hall–Kier alpha value is -9.24. The molecule has 0 saturated carbocycles. The molecule has 2 aliphatic carbocycles. The van der Waals surface area contributed by atoms with Gasteiger partial charge in [-0.15, -0.1) is 0 Å². The SMILES string of the molecule is COc1cccc2c1C(=O)c1c(O)c3c(c(O)c1C2=O)C[C@@](O)(C(=O)CO)C[C@@H]3OC1CC(NC(=O)OCc2ccc(NC(=O)C(N)CCCNC(=O)NC(=O)[C@H](Cc3c[nH]c4ccccc34)NC(=O)OCc3ccccc3)cc2)C(O)C(C)O1. The quantitative estimate of drug-likeness (QED) is 0.0381. The van der Waals surface area contributed by atoms with Gasteiger partial charge in [0.2, 0.25) is 11.7 Å². The summed E-state index contributed by atoms with van der Waals surface area (Å²) >= 11 is 0. The van der Waals surface area contributed by atoms with E-state index in [1.165, 1.54) is 32.2 Å². The Morgan fingerprint density at radius 1 is 0.835 bits per heavy atom. The summed E-state index contributed by atoms with van der Waals surface area (Å²) in [4.78, 5) is 109. The number of ether oxygens (including phenoxy) is 5. The summed E-state index contributed by atoms with van der Waals surface area (Å²) < 4.78 is 28.3. The molecule has 2 heterocycles. The number of hydrogen-bond acceptors (Lipinski definition) is 19. The first-order valence-electron chi connectivity index (χ1n) is 27.2. The largest absolute Gasteiger partial charge is 0.507 e. The second kappa shape index (κ2) is 26.1. The standard InChI is InChI=1S/C60H63N7O18/c1-30-50(70)40(23-45(84-30)85-43-25-60(80,44(69)27-68)24-37-47(43)54(74)49-48(52(37)72)51(71)36-13-8-16-42(81-2)46(36)53(49)73)65-58(78)83-29-32-17-19-34(20-18-32)64-55(75)38(61)14-9-21-62-57(77)67-56(76)41(22-33-26-63-39-15-7-6-12-35(33)39)66-59(79)82-28-31-10-4-3-5-11-31/h3-8,10-13,15-20,26,30,38,40-41,43,45,50,63,68,70,72,74,80H,9,14,21-25,27-29,61H2,1-2H3,(H,64,75)(H,65,78)(H,66,79)(H2,62,67,76,77)/t30?,38?,40?,41-,43-,45?,50?,60-/m0/s1. The topological polar surface area (TPSA) is 386 Å². The van der Waals surface area contributed by atoms with E-state index in [0.29, 0.717) is 11.3 Å². The van der Waals surface area contributed by atoms with Crippen LogP contribution in [0.4, 0.5) is 20.1 Å². The van der Waals surface area contributed by atoms with Crippen molar-refractivity contribution in [3.8, 4) is 17.2 Å². The molecular weight excluding hydrogens is 1110 g/mol. The Kier molecular flexibility index (Phi) is 18.6. The van der Waals surface area contributed by atoms with Crippen LogP contribution in [0, 0.1) is 0 Å². The average molecular weight is 1170 g/mol. The third-order valence-corrected chi connectivity index (χ3v) is 15.1. The number of nitrogens with one attached hydrogen (secondary N) is 6. The van der Waals surface area contributed by atoms with Crippen LogP contribution >= 0.6 is 0 Å². The number of urea groups is 1. The first-order valence-corrected chi connectivity index (χ1v) is 27.2. The van der Waals surface area contributed by atoms with Gasteiger partial charge in [-0.2, -0.15) is 0 Å². The number of rotatable bonds is 20. The van der Waals surface area contributed by atoms with Gasteiger partial charge in [0.15, 0.2) is 17.9 Å². The zero-order valence-corrected chi connectivity index (χ0v) is 46.0. The number of aliphatic hydroxyl groups is 3. The monoisotopic (exact) mass is 1170 g/mol. The number of para-hydroxylation sites is 1. The number of benzene rings is 5. The summed E-state index contributed by atoms with van der Waals surface area (Å²) in [6.45, 7) is 0.0988. The van der Waals surface area contributed by atoms with Gasteiger partial charge in [-0.1, -0.05) is 72.8 Å². The van der Waals surface area contributed by atoms with E-state index in [4.69, 9.17) is 29.4 Å². The third kappa shape index (κ3) is 13.4. The molecule has 3 aliphatic rings. The molecule has 0 bridgehead atoms. The minimum atomic E-state index is -2.41. The number of Topliss-reactive ketones (excluding diaryl/α,β-unsaturated/α-hetero) is 1. The number of phenols is 2. The minimum Gasteiger partial charge on any atom is -0.507 e. The second-order valence-corrected chi connectivity index (χ2v) is 20.8. The van der Waals surface area contributed by atoms with E-state index < -0.39 is 138 Å². The number of aromatic nitrogens is 1. The van der Waals surface area contributed by atoms with Gasteiger partial charge in [0.25, 0.3) is 5.91 Å². The number of methoxy groups -OCH3 is 1. The summed E-state index contributed by atoms with van der Waals surface area (Å²) in [6.07, 6.45) is -6.50. The van der Waals surface area contributed by atoms with E-state index in [9.17, 15) is 63.9 Å². The highest BCUT2D eigenvalue weighted by Gasteiger charge is 2.50. The molecule has 25 nitrogen and oxygen atoms in total. The van der Waals surface area contributed by atoms with Crippen molar-refractivity contribution < 1.29 is 87.6 Å². The van der Waals surface area contributed by atoms with E-state index in [1.54, 1.807) is 54.7 Å². The Labute approximate surface area is 485 Å². The number of anilines is 1. The molecule has 8 atom stereocenters. The summed E-state index contributed by atoms with van der Waals surface area (Å²) in [7, 11) is 1.29. The maximum atomic E-state index is 14.1. The lowest BCUT2D eigenvalue weighted by Gasteiger charge is -2.42. The fourth-order valence-corrected chi connectivity index (χ4v) is 10.7. The number of aromatic amines is 1. The molecule has 446 valence electrons. The first-order chi connectivity index (χ1) is 40.8. The predicted octanol–water partition coefficient (Wildman–Crippen LogP) is 3.86. The van der Waals surface area contributed by atoms with Crippen molar-refractivity contribution in [2.45, 2.75) is 107 Å². The molecule has 6 amide bonds. The predicted molar refractivity (Wildman–Crippen MR) is 300 cm³/mol. The van der Waals surface area contributed by atoms with Crippen molar-refractivity contribution in [2.75, 3.05) is 25.6 Å². The number of alkyl carbamates (subject to hydrolysis) is 2. The smallest absolute Gasteiger partial charge is 0.408 e. The lowest BCUT2D eigenvalue weighted by Crippen LogP contribution is -2.56. The van der Waals surface area contributed by atoms with Crippen molar-refractivity contribution in [1.29, 1.82) is 0 Å². The minimum absolute atomic E-state index is 0.0273. The number of aromatic hydroxyl groups is 2. The maximum Gasteiger partial charge on any atom is 0.408 e. The number of carbonyl (C=O) groups is 8. The van der Waals surface area contributed by atoms with Crippen molar-refractivity contribution in [1.82, 2.24) is 26.3 Å². The van der Waals surface area contributed by atoms with E-state index in [-0.39, 0.29) is 73.4 Å². The lowest BCUT2D eigenvalue weighted by atomic mass is 9.72. The summed E-state index contributed by atoms with van der Waals surface area (Å²) in [6, 6.07) is 22.8. The lowest BCUT2D eigenvalue weighted by molar-refractivity contribution is -0.249. The summed E-state index contributed by atoms with van der Waals surface area (Å²) in [5.41, 5.74) is 4.94. The van der Waals surface area contributed by atoms with Crippen LogP contribution in [0.2, 0.25) is 0 Å². The highest BCUT2D eigenvalue weighted by atomic mass is 16.7. The van der Waals surface area contributed by atoms with Gasteiger partial charge in [-0.25, -0.2) is 14.4 Å². The van der Waals surface area contributed by atoms with Gasteiger partial charge in [0.05, 0.1) is 48.1 Å². The number of H-pyrrole nitrogens is 1. The van der Waals surface area contributed by atoms with Crippen molar-refractivity contribution in [3.63, 3.8) is 0 Å². The molecule has 13 N–H and O–H groups in total. The summed E-state index contributed by atoms with van der Waals surface area (Å²) in [5, 5.41) is 69.7. The Balaban J connectivity index is 0.743. The fraction of sp³-hybridized carbons (Fsp3) is 0.333. The van der Waals surface area contributed by atoms with Gasteiger partial charge in [0, 0.05) is 71.7 Å². The molecule has 6 aromatic rings. The zero-order chi connectivity index (χ0) is 60.7. The van der Waals surface area contributed by atoms with Gasteiger partial charge >= 0.3 is 18.2 Å². The highest BCUT2D eigenvalue weighted by Crippen LogP contribution is 2.52. The first kappa shape index (κ1) is 60.4. The van der Waals surface area contributed by atoms with Gasteiger partial charge in [0.1, 0.15) is 54.8 Å². The molecule has 25 heteroatoms. The van der Waals surface area contributed by atoms with Crippen molar-refractivity contribution >= 4 is 64.0 Å². The van der Waals surface area contributed by atoms with E-state index in [1.807, 2.05) is 30.3 Å². The van der Waals surface area contributed by atoms with Crippen LogP contribution in [0.3, 0.4) is 0 Å². The van der Waals surface area contributed by atoms with E-state index in [0.717, 1.165) is 22.0 Å². The fourth-order valence-electron chi connectivity index (χ4n) is 10.7. The summed E-state index contributed by atoms with van der Waals surface area (Å²) in [5.74, 6) is -5.64. The second-order valence-electron chi connectivity index (χ2n) is 20.8. The van der Waals surface area contributed by atoms with Crippen LogP contribution in [0.5, 0.6) is 17.2 Å². The maximum absolute atomic E-state index is 14.1. The molecule has 1 aromatic heterocycles. The van der Waals surface area contributed by atoms with Gasteiger partial charge in [-0.3, -0.25) is 29.3 Å². The van der Waals surface area contributed by atoms with Crippen LogP contribution in [-0.2, 0) is 59.4 Å². The number of amides is 6. The molecule has 1 aliphatic heterocycles.